The minimum Gasteiger partial charge on any atom is -0.337 e. The summed E-state index contributed by atoms with van der Waals surface area (Å²) in [6, 6.07) is 5.18. The molecule has 0 spiro atoms. The Labute approximate surface area is 132 Å². The molecule has 0 bridgehead atoms. The molecule has 1 atom stereocenters. The van der Waals surface area contributed by atoms with Gasteiger partial charge in [0.15, 0.2) is 0 Å². The van der Waals surface area contributed by atoms with Crippen molar-refractivity contribution in [3.8, 4) is 0 Å². The molecule has 1 aliphatic heterocycles. The van der Waals surface area contributed by atoms with Crippen LogP contribution in [0, 0.1) is 5.92 Å². The van der Waals surface area contributed by atoms with E-state index in [1.807, 2.05) is 0 Å². The number of hydrogen-bond acceptors (Lipinski definition) is 4. The zero-order chi connectivity index (χ0) is 15.5. The zero-order valence-corrected chi connectivity index (χ0v) is 13.7. The maximum absolute atomic E-state index is 12.4. The molecule has 0 radical (unpaired) electrons. The average molecular weight is 377 g/mol. The normalized spacial score (nSPS) is 19.5. The van der Waals surface area contributed by atoms with Crippen LogP contribution in [0.15, 0.2) is 22.8 Å². The van der Waals surface area contributed by atoms with E-state index in [0.29, 0.717) is 23.4 Å². The largest absolute Gasteiger partial charge is 0.337 e. The van der Waals surface area contributed by atoms with E-state index in [9.17, 15) is 13.2 Å². The Kier molecular flexibility index (Phi) is 5.31. The summed E-state index contributed by atoms with van der Waals surface area (Å²) in [5.74, 6) is -0.0789. The Balaban J connectivity index is 1.99. The second-order valence-electron chi connectivity index (χ2n) is 5.00. The Morgan fingerprint density at radius 2 is 2.29 bits per heavy atom. The summed E-state index contributed by atoms with van der Waals surface area (Å²) in [4.78, 5) is 18.2. The lowest BCUT2D eigenvalue weighted by atomic mass is 9.98. The summed E-state index contributed by atoms with van der Waals surface area (Å²) < 4.78 is 24.7. The Morgan fingerprint density at radius 3 is 2.95 bits per heavy atom. The number of rotatable bonds is 4. The average Bonchev–Trinajstić information content (AvgIpc) is 2.44. The summed E-state index contributed by atoms with van der Waals surface area (Å²) in [5, 5.41) is 4.92. The van der Waals surface area contributed by atoms with Crippen LogP contribution in [0.3, 0.4) is 0 Å². The van der Waals surface area contributed by atoms with E-state index in [4.69, 9.17) is 5.14 Å². The summed E-state index contributed by atoms with van der Waals surface area (Å²) in [6.07, 6.45) is 1.69. The molecule has 1 aliphatic rings. The van der Waals surface area contributed by atoms with E-state index in [1.54, 1.807) is 23.1 Å². The first-order valence-corrected chi connectivity index (χ1v) is 8.88. The van der Waals surface area contributed by atoms with Crippen LogP contribution in [0.4, 0.5) is 0 Å². The number of carbonyl (C=O) groups is 1. The van der Waals surface area contributed by atoms with E-state index < -0.39 is 10.2 Å². The summed E-state index contributed by atoms with van der Waals surface area (Å²) >= 11 is 3.24. The molecule has 2 rings (SSSR count). The number of nitrogens with two attached hydrogens (primary N) is 1. The van der Waals surface area contributed by atoms with E-state index >= 15 is 0 Å². The fourth-order valence-electron chi connectivity index (χ4n) is 2.34. The summed E-state index contributed by atoms with van der Waals surface area (Å²) in [7, 11) is -3.69. The van der Waals surface area contributed by atoms with Gasteiger partial charge in [-0.3, -0.25) is 4.79 Å². The number of pyridine rings is 1. The monoisotopic (exact) mass is 376 g/mol. The molecule has 0 aliphatic carbocycles. The topological polar surface area (TPSA) is 105 Å². The third kappa shape index (κ3) is 5.03. The van der Waals surface area contributed by atoms with Gasteiger partial charge in [0.25, 0.3) is 16.1 Å². The molecule has 1 aromatic heterocycles. The molecule has 0 saturated carbocycles. The van der Waals surface area contributed by atoms with Crippen LogP contribution in [0.25, 0.3) is 0 Å². The van der Waals surface area contributed by atoms with Gasteiger partial charge in [0.2, 0.25) is 0 Å². The minimum absolute atomic E-state index is 0.0631. The predicted molar refractivity (Wildman–Crippen MR) is 81.7 cm³/mol. The predicted octanol–water partition coefficient (Wildman–Crippen LogP) is 0.489. The van der Waals surface area contributed by atoms with E-state index in [-0.39, 0.29) is 18.4 Å². The van der Waals surface area contributed by atoms with E-state index in [1.165, 1.54) is 0 Å². The van der Waals surface area contributed by atoms with Gasteiger partial charge in [-0.15, -0.1) is 0 Å². The molecule has 9 heteroatoms. The number of piperidine rings is 1. The van der Waals surface area contributed by atoms with Crippen molar-refractivity contribution in [2.45, 2.75) is 12.8 Å². The maximum Gasteiger partial charge on any atom is 0.274 e. The number of nitrogens with zero attached hydrogens (tertiary/aromatic N) is 2. The van der Waals surface area contributed by atoms with E-state index in [2.05, 4.69) is 25.6 Å². The fourth-order valence-corrected chi connectivity index (χ4v) is 3.15. The van der Waals surface area contributed by atoms with Crippen molar-refractivity contribution >= 4 is 32.0 Å². The third-order valence-electron chi connectivity index (χ3n) is 3.31. The molecule has 0 aromatic carbocycles. The fraction of sp³-hybridized carbons (Fsp3) is 0.500. The van der Waals surface area contributed by atoms with Crippen molar-refractivity contribution in [2.24, 2.45) is 11.1 Å². The molecule has 21 heavy (non-hydrogen) atoms. The van der Waals surface area contributed by atoms with Crippen molar-refractivity contribution in [1.29, 1.82) is 0 Å². The number of halogens is 1. The molecule has 1 saturated heterocycles. The quantitative estimate of drug-likeness (QED) is 0.745. The Hall–Kier alpha value is -1.03. The molecular formula is C12H17BrN4O3S. The highest BCUT2D eigenvalue weighted by Gasteiger charge is 2.25. The van der Waals surface area contributed by atoms with Crippen LogP contribution in [0.5, 0.6) is 0 Å². The second-order valence-corrected chi connectivity index (χ2v) is 7.19. The highest BCUT2D eigenvalue weighted by molar-refractivity contribution is 9.10. The molecule has 116 valence electrons. The summed E-state index contributed by atoms with van der Waals surface area (Å²) in [5.41, 5.74) is 0.379. The van der Waals surface area contributed by atoms with Gasteiger partial charge in [0, 0.05) is 19.6 Å². The number of likely N-dealkylation sites (tertiary alicyclic amines) is 1. The Bertz CT molecular complexity index is 623. The highest BCUT2D eigenvalue weighted by atomic mass is 79.9. The van der Waals surface area contributed by atoms with Crippen molar-refractivity contribution in [3.63, 3.8) is 0 Å². The second kappa shape index (κ2) is 6.82. The number of amides is 1. The van der Waals surface area contributed by atoms with Gasteiger partial charge in [-0.2, -0.15) is 8.42 Å². The maximum atomic E-state index is 12.4. The molecule has 3 N–H and O–H groups in total. The molecule has 1 fully saturated rings. The lowest BCUT2D eigenvalue weighted by molar-refractivity contribution is 0.0670. The van der Waals surface area contributed by atoms with Crippen molar-refractivity contribution in [3.05, 3.63) is 28.5 Å². The van der Waals surface area contributed by atoms with Gasteiger partial charge in [-0.25, -0.2) is 14.8 Å². The van der Waals surface area contributed by atoms with Crippen LogP contribution >= 0.6 is 15.9 Å². The molecule has 1 aromatic rings. The number of carbonyl (C=O) groups excluding carboxylic acids is 1. The lowest BCUT2D eigenvalue weighted by Crippen LogP contribution is -2.44. The van der Waals surface area contributed by atoms with Gasteiger partial charge in [-0.1, -0.05) is 6.07 Å². The van der Waals surface area contributed by atoms with Crippen molar-refractivity contribution in [2.75, 3.05) is 19.6 Å². The first-order chi connectivity index (χ1) is 9.85. The molecule has 1 unspecified atom stereocenters. The van der Waals surface area contributed by atoms with Crippen LogP contribution < -0.4 is 9.86 Å². The SMILES string of the molecule is NS(=O)(=O)NCC1CCCN(C(=O)c2cccc(Br)n2)C1. The Morgan fingerprint density at radius 1 is 1.52 bits per heavy atom. The van der Waals surface area contributed by atoms with Crippen molar-refractivity contribution in [1.82, 2.24) is 14.6 Å². The molecule has 7 nitrogen and oxygen atoms in total. The van der Waals surface area contributed by atoms with Gasteiger partial charge >= 0.3 is 0 Å². The van der Waals surface area contributed by atoms with Crippen LogP contribution in [0.1, 0.15) is 23.3 Å². The zero-order valence-electron chi connectivity index (χ0n) is 11.3. The van der Waals surface area contributed by atoms with E-state index in [0.717, 1.165) is 12.8 Å². The van der Waals surface area contributed by atoms with Gasteiger partial charge in [-0.05, 0) is 46.8 Å². The van der Waals surface area contributed by atoms with Crippen LogP contribution in [-0.2, 0) is 10.2 Å². The highest BCUT2D eigenvalue weighted by Crippen LogP contribution is 2.18. The minimum atomic E-state index is -3.69. The standard InChI is InChI=1S/C12H17BrN4O3S/c13-11-5-1-4-10(16-11)12(18)17-6-2-3-9(8-17)7-15-21(14,19)20/h1,4-5,9,15H,2-3,6-8H2,(H2,14,19,20). The van der Waals surface area contributed by atoms with Crippen molar-refractivity contribution < 1.29 is 13.2 Å². The van der Waals surface area contributed by atoms with Gasteiger partial charge in [0.05, 0.1) is 0 Å². The summed E-state index contributed by atoms with van der Waals surface area (Å²) in [6.45, 7) is 1.39. The first-order valence-electron chi connectivity index (χ1n) is 6.54. The first kappa shape index (κ1) is 16.3. The van der Waals surface area contributed by atoms with Gasteiger partial charge < -0.3 is 4.90 Å². The smallest absolute Gasteiger partial charge is 0.274 e. The molecule has 2 heterocycles. The van der Waals surface area contributed by atoms with Crippen LogP contribution in [-0.4, -0.2) is 43.8 Å². The number of hydrogen-bond donors (Lipinski definition) is 2. The number of nitrogens with one attached hydrogen (secondary N) is 1. The van der Waals surface area contributed by atoms with Crippen LogP contribution in [0.2, 0.25) is 0 Å². The third-order valence-corrected chi connectivity index (χ3v) is 4.32. The molecular weight excluding hydrogens is 360 g/mol. The number of aromatic nitrogens is 1. The van der Waals surface area contributed by atoms with Gasteiger partial charge in [0.1, 0.15) is 10.3 Å². The lowest BCUT2D eigenvalue weighted by Gasteiger charge is -2.32. The molecule has 1 amide bonds.